The predicted octanol–water partition coefficient (Wildman–Crippen LogP) is 0.757. The second kappa shape index (κ2) is 4.23. The summed E-state index contributed by atoms with van der Waals surface area (Å²) in [5, 5.41) is 8.79. The quantitative estimate of drug-likeness (QED) is 0.787. The normalized spacial score (nSPS) is 19.8. The summed E-state index contributed by atoms with van der Waals surface area (Å²) >= 11 is 0. The average molecular weight is 221 g/mol. The van der Waals surface area contributed by atoms with Gasteiger partial charge in [0.15, 0.2) is 0 Å². The summed E-state index contributed by atoms with van der Waals surface area (Å²) in [4.78, 5) is 10.7. The largest absolute Gasteiger partial charge is 0.481 e. The number of benzene rings is 1. The molecule has 3 N–H and O–H groups in total. The van der Waals surface area contributed by atoms with Crippen molar-refractivity contribution in [1.82, 2.24) is 0 Å². The zero-order chi connectivity index (χ0) is 11.6. The fourth-order valence-corrected chi connectivity index (χ4v) is 2.07. The zero-order valence-electron chi connectivity index (χ0n) is 8.93. The van der Waals surface area contributed by atoms with E-state index >= 15 is 0 Å². The maximum Gasteiger partial charge on any atom is 0.304 e. The van der Waals surface area contributed by atoms with Crippen LogP contribution in [0.4, 0.5) is 0 Å². The van der Waals surface area contributed by atoms with Crippen LogP contribution in [0.25, 0.3) is 0 Å². The van der Waals surface area contributed by atoms with E-state index in [4.69, 9.17) is 15.6 Å². The minimum atomic E-state index is -0.866. The lowest BCUT2D eigenvalue weighted by Crippen LogP contribution is -2.59. The highest BCUT2D eigenvalue weighted by molar-refractivity contribution is 5.68. The first-order valence-electron chi connectivity index (χ1n) is 5.26. The standard InChI is InChI=1S/C12H15NO3/c13-10(6-11(14)15)12(7-16-8-12)9-4-2-1-3-5-9/h1-5,10H,6-8,13H2,(H,14,15). The van der Waals surface area contributed by atoms with Gasteiger partial charge in [0.05, 0.1) is 25.0 Å². The molecule has 0 spiro atoms. The van der Waals surface area contributed by atoms with Crippen molar-refractivity contribution in [1.29, 1.82) is 0 Å². The van der Waals surface area contributed by atoms with Crippen LogP contribution >= 0.6 is 0 Å². The molecule has 1 aliphatic rings. The Morgan fingerprint density at radius 3 is 2.50 bits per heavy atom. The van der Waals surface area contributed by atoms with Gasteiger partial charge < -0.3 is 15.6 Å². The molecule has 0 radical (unpaired) electrons. The van der Waals surface area contributed by atoms with Crippen molar-refractivity contribution in [2.75, 3.05) is 13.2 Å². The van der Waals surface area contributed by atoms with Gasteiger partial charge in [0.2, 0.25) is 0 Å². The Kier molecular flexibility index (Phi) is 2.94. The van der Waals surface area contributed by atoms with Crippen molar-refractivity contribution in [3.05, 3.63) is 35.9 Å². The molecule has 1 saturated heterocycles. The molecule has 1 unspecified atom stereocenters. The minimum absolute atomic E-state index is 0.0295. The number of ether oxygens (including phenoxy) is 1. The number of carboxylic acid groups (broad SMARTS) is 1. The second-order valence-corrected chi connectivity index (χ2v) is 4.22. The van der Waals surface area contributed by atoms with E-state index in [0.29, 0.717) is 13.2 Å². The van der Waals surface area contributed by atoms with Gasteiger partial charge in [-0.2, -0.15) is 0 Å². The first-order chi connectivity index (χ1) is 7.65. The minimum Gasteiger partial charge on any atom is -0.481 e. The molecule has 0 saturated carbocycles. The molecule has 0 bridgehead atoms. The Balaban J connectivity index is 2.23. The lowest BCUT2D eigenvalue weighted by molar-refractivity contribution is -0.140. The van der Waals surface area contributed by atoms with E-state index in [1.807, 2.05) is 30.3 Å². The van der Waals surface area contributed by atoms with Gasteiger partial charge in [-0.25, -0.2) is 0 Å². The van der Waals surface area contributed by atoms with Crippen molar-refractivity contribution < 1.29 is 14.6 Å². The third-order valence-corrected chi connectivity index (χ3v) is 3.17. The summed E-state index contributed by atoms with van der Waals surface area (Å²) in [6, 6.07) is 9.35. The van der Waals surface area contributed by atoms with Gasteiger partial charge in [0.1, 0.15) is 0 Å². The van der Waals surface area contributed by atoms with Crippen LogP contribution in [0.15, 0.2) is 30.3 Å². The molecular weight excluding hydrogens is 206 g/mol. The summed E-state index contributed by atoms with van der Waals surface area (Å²) in [7, 11) is 0. The molecule has 1 aromatic rings. The van der Waals surface area contributed by atoms with Crippen LogP contribution < -0.4 is 5.73 Å². The third-order valence-electron chi connectivity index (χ3n) is 3.17. The Morgan fingerprint density at radius 2 is 2.06 bits per heavy atom. The first-order valence-corrected chi connectivity index (χ1v) is 5.26. The number of hydrogen-bond donors (Lipinski definition) is 2. The Bertz CT molecular complexity index is 373. The van der Waals surface area contributed by atoms with Crippen LogP contribution in [0.2, 0.25) is 0 Å². The van der Waals surface area contributed by atoms with Crippen LogP contribution in [-0.4, -0.2) is 30.3 Å². The molecule has 86 valence electrons. The number of carboxylic acids is 1. The fourth-order valence-electron chi connectivity index (χ4n) is 2.07. The summed E-state index contributed by atoms with van der Waals surface area (Å²) in [6.07, 6.45) is -0.0295. The number of aliphatic carboxylic acids is 1. The molecule has 1 aromatic carbocycles. The molecule has 0 amide bonds. The Morgan fingerprint density at radius 1 is 1.44 bits per heavy atom. The smallest absolute Gasteiger partial charge is 0.304 e. The van der Waals surface area contributed by atoms with Crippen molar-refractivity contribution >= 4 is 5.97 Å². The van der Waals surface area contributed by atoms with Crippen LogP contribution in [0.5, 0.6) is 0 Å². The molecule has 1 aliphatic heterocycles. The molecule has 4 heteroatoms. The highest BCUT2D eigenvalue weighted by atomic mass is 16.5. The van der Waals surface area contributed by atoms with Gasteiger partial charge in [0.25, 0.3) is 0 Å². The molecule has 4 nitrogen and oxygen atoms in total. The van der Waals surface area contributed by atoms with E-state index in [9.17, 15) is 4.79 Å². The van der Waals surface area contributed by atoms with Crippen LogP contribution in [0.1, 0.15) is 12.0 Å². The molecule has 0 aromatic heterocycles. The van der Waals surface area contributed by atoms with Crippen molar-refractivity contribution in [3.63, 3.8) is 0 Å². The lowest BCUT2D eigenvalue weighted by atomic mass is 9.72. The van der Waals surface area contributed by atoms with Gasteiger partial charge in [-0.15, -0.1) is 0 Å². The molecule has 1 fully saturated rings. The molecule has 1 heterocycles. The zero-order valence-corrected chi connectivity index (χ0v) is 8.93. The molecular formula is C12H15NO3. The van der Waals surface area contributed by atoms with E-state index in [0.717, 1.165) is 5.56 Å². The highest BCUT2D eigenvalue weighted by Gasteiger charge is 2.46. The van der Waals surface area contributed by atoms with E-state index in [2.05, 4.69) is 0 Å². The topological polar surface area (TPSA) is 72.6 Å². The molecule has 2 rings (SSSR count). The Labute approximate surface area is 94.0 Å². The second-order valence-electron chi connectivity index (χ2n) is 4.22. The van der Waals surface area contributed by atoms with Gasteiger partial charge in [0, 0.05) is 6.04 Å². The number of carbonyl (C=O) groups is 1. The Hall–Kier alpha value is -1.39. The number of nitrogens with two attached hydrogens (primary N) is 1. The predicted molar refractivity (Wildman–Crippen MR) is 59.2 cm³/mol. The highest BCUT2D eigenvalue weighted by Crippen LogP contribution is 2.35. The lowest BCUT2D eigenvalue weighted by Gasteiger charge is -2.45. The number of hydrogen-bond acceptors (Lipinski definition) is 3. The van der Waals surface area contributed by atoms with Crippen LogP contribution in [0, 0.1) is 0 Å². The van der Waals surface area contributed by atoms with Gasteiger partial charge in [-0.1, -0.05) is 30.3 Å². The van der Waals surface area contributed by atoms with Crippen molar-refractivity contribution in [2.45, 2.75) is 17.9 Å². The summed E-state index contributed by atoms with van der Waals surface area (Å²) in [5.74, 6) is -0.866. The summed E-state index contributed by atoms with van der Waals surface area (Å²) < 4.78 is 5.22. The van der Waals surface area contributed by atoms with E-state index in [1.165, 1.54) is 0 Å². The first kappa shape index (κ1) is 11.1. The molecule has 0 aliphatic carbocycles. The summed E-state index contributed by atoms with van der Waals surface area (Å²) in [6.45, 7) is 1.01. The molecule has 1 atom stereocenters. The summed E-state index contributed by atoms with van der Waals surface area (Å²) in [5.41, 5.74) is 6.73. The van der Waals surface area contributed by atoms with Gasteiger partial charge in [-0.3, -0.25) is 4.79 Å². The monoisotopic (exact) mass is 221 g/mol. The maximum absolute atomic E-state index is 10.7. The van der Waals surface area contributed by atoms with Crippen molar-refractivity contribution in [2.24, 2.45) is 5.73 Å². The van der Waals surface area contributed by atoms with Crippen molar-refractivity contribution in [3.8, 4) is 0 Å². The third kappa shape index (κ3) is 1.81. The maximum atomic E-state index is 10.7. The van der Waals surface area contributed by atoms with E-state index in [1.54, 1.807) is 0 Å². The fraction of sp³-hybridized carbons (Fsp3) is 0.417. The van der Waals surface area contributed by atoms with Gasteiger partial charge in [-0.05, 0) is 5.56 Å². The van der Waals surface area contributed by atoms with Crippen LogP contribution in [0.3, 0.4) is 0 Å². The van der Waals surface area contributed by atoms with E-state index < -0.39 is 12.0 Å². The van der Waals surface area contributed by atoms with Gasteiger partial charge >= 0.3 is 5.97 Å². The number of rotatable bonds is 4. The van der Waals surface area contributed by atoms with Crippen LogP contribution in [-0.2, 0) is 14.9 Å². The SMILES string of the molecule is NC(CC(=O)O)C1(c2ccccc2)COC1. The van der Waals surface area contributed by atoms with E-state index in [-0.39, 0.29) is 11.8 Å². The average Bonchev–Trinajstić information content (AvgIpc) is 2.16. The molecule has 16 heavy (non-hydrogen) atoms.